The average Bonchev–Trinajstić information content (AvgIpc) is 3.37. The number of nitrogens with zero attached hydrogens (tertiary/aromatic N) is 5. The zero-order valence-electron chi connectivity index (χ0n) is 22.6. The fraction of sp³-hybridized carbons (Fsp3) is 0.206. The number of nitrogens with one attached hydrogen (secondary N) is 1. The molecule has 7 rings (SSSR count). The minimum absolute atomic E-state index is 0.0108. The van der Waals surface area contributed by atoms with E-state index in [0.717, 1.165) is 65.3 Å². The van der Waals surface area contributed by atoms with Gasteiger partial charge in [0.1, 0.15) is 0 Å². The maximum absolute atomic E-state index is 12.7. The zero-order chi connectivity index (χ0) is 27.8. The van der Waals surface area contributed by atoms with E-state index in [1.54, 1.807) is 0 Å². The third-order valence-electron chi connectivity index (χ3n) is 8.24. The molecule has 4 aromatic carbocycles. The van der Waals surface area contributed by atoms with Gasteiger partial charge in [-0.05, 0) is 66.4 Å². The third-order valence-corrected chi connectivity index (χ3v) is 8.24. The van der Waals surface area contributed by atoms with E-state index in [9.17, 15) is 10.1 Å². The molecule has 0 saturated carbocycles. The molecule has 2 aliphatic rings. The number of piperidine rings is 1. The highest BCUT2D eigenvalue weighted by Gasteiger charge is 2.24. The van der Waals surface area contributed by atoms with Crippen LogP contribution in [0.3, 0.4) is 0 Å². The Labute approximate surface area is 237 Å². The summed E-state index contributed by atoms with van der Waals surface area (Å²) in [4.78, 5) is 25.4. The predicted molar refractivity (Wildman–Crippen MR) is 161 cm³/mol. The molecule has 1 atom stereocenters. The van der Waals surface area contributed by atoms with Gasteiger partial charge in [0.25, 0.3) is 0 Å². The highest BCUT2D eigenvalue weighted by atomic mass is 16.1. The van der Waals surface area contributed by atoms with E-state index in [0.29, 0.717) is 5.56 Å². The number of H-pyrrole nitrogens is 1. The highest BCUT2D eigenvalue weighted by molar-refractivity contribution is 5.75. The Hall–Kier alpha value is -4.93. The Bertz CT molecular complexity index is 1930. The van der Waals surface area contributed by atoms with Crippen molar-refractivity contribution in [1.82, 2.24) is 14.5 Å². The number of anilines is 1. The van der Waals surface area contributed by atoms with Crippen molar-refractivity contribution in [3.05, 3.63) is 135 Å². The molecule has 0 amide bonds. The molecule has 1 N–H and O–H groups in total. The van der Waals surface area contributed by atoms with Crippen LogP contribution in [0.2, 0.25) is 0 Å². The number of likely N-dealkylation sites (tertiary alicyclic amines) is 1. The predicted octanol–water partition coefficient (Wildman–Crippen LogP) is 4.61. The van der Waals surface area contributed by atoms with Gasteiger partial charge in [-0.25, -0.2) is 4.79 Å². The average molecular weight is 539 g/mol. The number of rotatable bonds is 5. The summed E-state index contributed by atoms with van der Waals surface area (Å²) in [6.45, 7) is 2.79. The second-order valence-electron chi connectivity index (χ2n) is 10.8. The smallest absolute Gasteiger partial charge is 0.321 e. The van der Waals surface area contributed by atoms with Crippen LogP contribution in [0, 0.1) is 11.3 Å². The summed E-state index contributed by atoms with van der Waals surface area (Å²) >= 11 is 0. The van der Waals surface area contributed by atoms with Crippen molar-refractivity contribution < 1.29 is 0 Å². The van der Waals surface area contributed by atoms with E-state index in [-0.39, 0.29) is 17.9 Å². The molecule has 1 unspecified atom stereocenters. The van der Waals surface area contributed by atoms with Crippen LogP contribution in [-0.2, 0) is 6.54 Å². The van der Waals surface area contributed by atoms with Crippen molar-refractivity contribution in [3.63, 3.8) is 0 Å². The molecule has 7 heteroatoms. The quantitative estimate of drug-likeness (QED) is 0.354. The number of aromatic nitrogens is 2. The molecule has 0 aliphatic carbocycles. The lowest BCUT2D eigenvalue weighted by atomic mass is 10.0. The lowest BCUT2D eigenvalue weighted by Gasteiger charge is -2.33. The van der Waals surface area contributed by atoms with Crippen LogP contribution in [0.15, 0.2) is 107 Å². The van der Waals surface area contributed by atoms with Crippen LogP contribution in [0.4, 0.5) is 5.69 Å². The molecule has 1 fully saturated rings. The van der Waals surface area contributed by atoms with E-state index in [1.165, 1.54) is 5.56 Å². The highest BCUT2D eigenvalue weighted by Crippen LogP contribution is 2.30. The van der Waals surface area contributed by atoms with Gasteiger partial charge in [0, 0.05) is 42.8 Å². The summed E-state index contributed by atoms with van der Waals surface area (Å²) in [7, 11) is 0. The van der Waals surface area contributed by atoms with Gasteiger partial charge in [-0.1, -0.05) is 54.6 Å². The SMILES string of the molecule is N#Cc1ccc2c(c1)=CN(c1ccccc1)C(c1ccc(CN3CCC(n4c(=O)[nH]c5ccccc54)CC3)cc1)N=2. The van der Waals surface area contributed by atoms with Gasteiger partial charge in [0.15, 0.2) is 6.17 Å². The van der Waals surface area contributed by atoms with Gasteiger partial charge >= 0.3 is 5.69 Å². The molecule has 5 aromatic rings. The number of hydrogen-bond acceptors (Lipinski definition) is 5. The van der Waals surface area contributed by atoms with Crippen molar-refractivity contribution in [2.75, 3.05) is 18.0 Å². The first-order valence-corrected chi connectivity index (χ1v) is 14.1. The van der Waals surface area contributed by atoms with Gasteiger partial charge in [-0.15, -0.1) is 0 Å². The van der Waals surface area contributed by atoms with E-state index < -0.39 is 0 Å². The number of hydrogen-bond donors (Lipinski definition) is 1. The molecule has 0 spiro atoms. The summed E-state index contributed by atoms with van der Waals surface area (Å²) in [5, 5.41) is 11.2. The second kappa shape index (κ2) is 10.6. The number of aromatic amines is 1. The number of nitriles is 1. The van der Waals surface area contributed by atoms with Crippen LogP contribution in [0.1, 0.15) is 41.7 Å². The molecule has 7 nitrogen and oxygen atoms in total. The second-order valence-corrected chi connectivity index (χ2v) is 10.8. The fourth-order valence-electron chi connectivity index (χ4n) is 6.14. The van der Waals surface area contributed by atoms with Gasteiger partial charge in [0.2, 0.25) is 0 Å². The van der Waals surface area contributed by atoms with Gasteiger partial charge < -0.3 is 9.88 Å². The number of imidazole rings is 1. The van der Waals surface area contributed by atoms with Gasteiger partial charge in [-0.3, -0.25) is 14.5 Å². The minimum atomic E-state index is -0.197. The largest absolute Gasteiger partial charge is 0.326 e. The van der Waals surface area contributed by atoms with Crippen molar-refractivity contribution in [3.8, 4) is 6.07 Å². The summed E-state index contributed by atoms with van der Waals surface area (Å²) in [5.74, 6) is 0. The Morgan fingerprint density at radius 2 is 1.66 bits per heavy atom. The molecule has 0 radical (unpaired) electrons. The number of benzene rings is 4. The van der Waals surface area contributed by atoms with E-state index in [1.807, 2.05) is 65.2 Å². The van der Waals surface area contributed by atoms with Crippen LogP contribution in [0.5, 0.6) is 0 Å². The van der Waals surface area contributed by atoms with Gasteiger partial charge in [0.05, 0.1) is 28.0 Å². The topological polar surface area (TPSA) is 80.4 Å². The summed E-state index contributed by atoms with van der Waals surface area (Å²) in [6.07, 6.45) is 3.81. The molecule has 1 saturated heterocycles. The van der Waals surface area contributed by atoms with Crippen molar-refractivity contribution in [2.24, 2.45) is 4.99 Å². The molecular weight excluding hydrogens is 508 g/mol. The van der Waals surface area contributed by atoms with E-state index >= 15 is 0 Å². The van der Waals surface area contributed by atoms with E-state index in [2.05, 4.69) is 63.5 Å². The van der Waals surface area contributed by atoms with Crippen LogP contribution >= 0.6 is 0 Å². The van der Waals surface area contributed by atoms with Gasteiger partial charge in [-0.2, -0.15) is 5.26 Å². The fourth-order valence-corrected chi connectivity index (χ4v) is 6.14. The number of fused-ring (bicyclic) bond motifs is 2. The lowest BCUT2D eigenvalue weighted by Crippen LogP contribution is -2.38. The van der Waals surface area contributed by atoms with Crippen LogP contribution < -0.4 is 21.2 Å². The molecule has 202 valence electrons. The van der Waals surface area contributed by atoms with E-state index in [4.69, 9.17) is 4.99 Å². The maximum Gasteiger partial charge on any atom is 0.326 e. The monoisotopic (exact) mass is 538 g/mol. The Kier molecular flexibility index (Phi) is 6.46. The summed E-state index contributed by atoms with van der Waals surface area (Å²) in [5.41, 5.74) is 5.95. The molecule has 1 aromatic heterocycles. The molecule has 41 heavy (non-hydrogen) atoms. The lowest BCUT2D eigenvalue weighted by molar-refractivity contribution is 0.180. The van der Waals surface area contributed by atoms with Crippen LogP contribution in [0.25, 0.3) is 17.2 Å². The van der Waals surface area contributed by atoms with Crippen LogP contribution in [-0.4, -0.2) is 27.5 Å². The molecular formula is C34H30N6O. The standard InChI is InChI=1S/C34H30N6O/c35-21-25-12-15-30-27(20-25)23-39(28-6-2-1-3-7-28)33(36-30)26-13-10-24(11-14-26)22-38-18-16-29(17-19-38)40-32-9-5-4-8-31(32)37-34(40)41/h1-15,20,23,29,33H,16-19,22H2,(H,37,41). The normalized spacial score (nSPS) is 17.4. The molecule has 0 bridgehead atoms. The minimum Gasteiger partial charge on any atom is -0.321 e. The van der Waals surface area contributed by atoms with Crippen molar-refractivity contribution in [1.29, 1.82) is 5.26 Å². The molecule has 2 aliphatic heterocycles. The summed E-state index contributed by atoms with van der Waals surface area (Å²) in [6, 6.07) is 35.1. The summed E-state index contributed by atoms with van der Waals surface area (Å²) < 4.78 is 1.95. The van der Waals surface area contributed by atoms with Crippen molar-refractivity contribution >= 4 is 22.9 Å². The molecule has 3 heterocycles. The Morgan fingerprint density at radius 1 is 0.902 bits per heavy atom. The number of para-hydroxylation sites is 3. The Morgan fingerprint density at radius 3 is 2.44 bits per heavy atom. The maximum atomic E-state index is 12.7. The first-order valence-electron chi connectivity index (χ1n) is 14.1. The first-order chi connectivity index (χ1) is 20.2. The first kappa shape index (κ1) is 25.1. The Balaban J connectivity index is 1.08. The third kappa shape index (κ3) is 4.83. The zero-order valence-corrected chi connectivity index (χ0v) is 22.6. The van der Waals surface area contributed by atoms with Crippen molar-refractivity contribution in [2.45, 2.75) is 31.6 Å².